The van der Waals surface area contributed by atoms with Crippen LogP contribution in [0.3, 0.4) is 0 Å². The van der Waals surface area contributed by atoms with Gasteiger partial charge in [-0.05, 0) is 5.41 Å². The minimum absolute atomic E-state index is 0.441. The summed E-state index contributed by atoms with van der Waals surface area (Å²) in [5.74, 6) is 0. The van der Waals surface area contributed by atoms with Crippen molar-refractivity contribution in [2.24, 2.45) is 0 Å². The summed E-state index contributed by atoms with van der Waals surface area (Å²) < 4.78 is 30.8. The molecule has 0 amide bonds. The third-order valence-electron chi connectivity index (χ3n) is 0.193. The van der Waals surface area contributed by atoms with E-state index in [1.165, 1.54) is 0 Å². The van der Waals surface area contributed by atoms with Crippen molar-refractivity contribution in [2.75, 3.05) is 0 Å². The Morgan fingerprint density at radius 3 is 2.38 bits per heavy atom. The molecule has 0 saturated carbocycles. The molecular weight excluding hydrogens is 152 g/mol. The van der Waals surface area contributed by atoms with Gasteiger partial charge >= 0.3 is 10.4 Å². The van der Waals surface area contributed by atoms with Crippen molar-refractivity contribution in [3.8, 4) is 0 Å². The molecule has 0 fully saturated rings. The summed E-state index contributed by atoms with van der Waals surface area (Å²) in [5, 5.41) is 1.13. The van der Waals surface area contributed by atoms with Crippen molar-refractivity contribution in [3.05, 3.63) is 12.0 Å². The SMILES string of the molecule is C=CSOS(=O)(=O)O. The molecular formula is C2H4O4S2. The van der Waals surface area contributed by atoms with Gasteiger partial charge in [-0.2, -0.15) is 12.0 Å². The molecule has 0 saturated heterocycles. The van der Waals surface area contributed by atoms with E-state index in [-0.39, 0.29) is 0 Å². The molecule has 0 aromatic heterocycles. The van der Waals surface area contributed by atoms with Crippen molar-refractivity contribution in [1.29, 1.82) is 0 Å². The van der Waals surface area contributed by atoms with E-state index in [4.69, 9.17) is 4.55 Å². The fourth-order valence-corrected chi connectivity index (χ4v) is 0.697. The molecule has 0 bridgehead atoms. The van der Waals surface area contributed by atoms with Crippen LogP contribution >= 0.6 is 12.0 Å². The maximum absolute atomic E-state index is 9.65. The molecule has 4 nitrogen and oxygen atoms in total. The highest BCUT2D eigenvalue weighted by molar-refractivity contribution is 8.04. The van der Waals surface area contributed by atoms with Crippen molar-refractivity contribution >= 4 is 22.4 Å². The van der Waals surface area contributed by atoms with E-state index in [9.17, 15) is 8.42 Å². The van der Waals surface area contributed by atoms with Crippen LogP contribution in [0, 0.1) is 0 Å². The lowest BCUT2D eigenvalue weighted by atomic mass is 11.3. The van der Waals surface area contributed by atoms with Crippen LogP contribution in [0.15, 0.2) is 12.0 Å². The highest BCUT2D eigenvalue weighted by atomic mass is 32.3. The summed E-state index contributed by atoms with van der Waals surface area (Å²) in [6, 6.07) is 0. The summed E-state index contributed by atoms with van der Waals surface area (Å²) in [7, 11) is -4.29. The second-order valence-electron chi connectivity index (χ2n) is 0.759. The molecule has 0 aromatic rings. The molecule has 0 aliphatic rings. The average molecular weight is 156 g/mol. The van der Waals surface area contributed by atoms with E-state index in [0.29, 0.717) is 12.0 Å². The first-order valence-corrected chi connectivity index (χ1v) is 3.66. The second kappa shape index (κ2) is 3.08. The molecule has 8 heavy (non-hydrogen) atoms. The molecule has 6 heteroatoms. The van der Waals surface area contributed by atoms with E-state index in [1.54, 1.807) is 0 Å². The van der Waals surface area contributed by atoms with E-state index in [1.807, 2.05) is 0 Å². The Morgan fingerprint density at radius 1 is 1.75 bits per heavy atom. The summed E-state index contributed by atoms with van der Waals surface area (Å²) in [6.07, 6.45) is 0. The zero-order valence-electron chi connectivity index (χ0n) is 3.77. The van der Waals surface area contributed by atoms with Crippen molar-refractivity contribution < 1.29 is 16.6 Å². The molecule has 0 unspecified atom stereocenters. The Kier molecular flexibility index (Phi) is 3.06. The van der Waals surface area contributed by atoms with Gasteiger partial charge in [-0.25, -0.2) is 0 Å². The van der Waals surface area contributed by atoms with Crippen molar-refractivity contribution in [3.63, 3.8) is 0 Å². The summed E-state index contributed by atoms with van der Waals surface area (Å²) >= 11 is 0.441. The zero-order chi connectivity index (χ0) is 6.62. The fourth-order valence-electron chi connectivity index (χ4n) is 0.0774. The van der Waals surface area contributed by atoms with Crippen LogP contribution in [0.5, 0.6) is 0 Å². The summed E-state index contributed by atoms with van der Waals surface area (Å²) in [6.45, 7) is 3.13. The molecule has 0 atom stereocenters. The molecule has 0 aromatic carbocycles. The standard InChI is InChI=1S/C2H4O4S2/c1-2-7-6-8(3,4)5/h2H,1H2,(H,3,4,5). The Balaban J connectivity index is 3.57. The van der Waals surface area contributed by atoms with Crippen LogP contribution < -0.4 is 0 Å². The monoisotopic (exact) mass is 156 g/mol. The normalized spacial score (nSPS) is 11.1. The largest absolute Gasteiger partial charge is 0.408 e. The first kappa shape index (κ1) is 7.96. The van der Waals surface area contributed by atoms with Crippen LogP contribution in [0.25, 0.3) is 0 Å². The van der Waals surface area contributed by atoms with E-state index in [2.05, 4.69) is 10.2 Å². The summed E-state index contributed by atoms with van der Waals surface area (Å²) in [5.41, 5.74) is 0. The van der Waals surface area contributed by atoms with E-state index in [0.717, 1.165) is 5.41 Å². The van der Waals surface area contributed by atoms with Gasteiger partial charge in [0.2, 0.25) is 0 Å². The molecule has 0 rings (SSSR count). The minimum Gasteiger partial charge on any atom is -0.263 e. The first-order valence-electron chi connectivity index (χ1n) is 1.49. The van der Waals surface area contributed by atoms with Crippen molar-refractivity contribution in [2.45, 2.75) is 0 Å². The van der Waals surface area contributed by atoms with Crippen LogP contribution in [-0.2, 0) is 14.0 Å². The van der Waals surface area contributed by atoms with Gasteiger partial charge in [0.1, 0.15) is 0 Å². The maximum atomic E-state index is 9.65. The van der Waals surface area contributed by atoms with Crippen LogP contribution in [-0.4, -0.2) is 13.0 Å². The lowest BCUT2D eigenvalue weighted by molar-refractivity contribution is 0.408. The minimum atomic E-state index is -4.29. The lowest BCUT2D eigenvalue weighted by Crippen LogP contribution is -1.94. The molecule has 48 valence electrons. The molecule has 1 N–H and O–H groups in total. The van der Waals surface area contributed by atoms with Crippen molar-refractivity contribution in [1.82, 2.24) is 0 Å². The fraction of sp³-hybridized carbons (Fsp3) is 0. The van der Waals surface area contributed by atoms with Gasteiger partial charge in [0.25, 0.3) is 0 Å². The zero-order valence-corrected chi connectivity index (χ0v) is 5.41. The molecule has 0 aliphatic carbocycles. The van der Waals surface area contributed by atoms with Gasteiger partial charge in [0, 0.05) is 12.0 Å². The highest BCUT2D eigenvalue weighted by Gasteiger charge is 2.00. The van der Waals surface area contributed by atoms with Gasteiger partial charge in [-0.15, -0.1) is 0 Å². The Labute approximate surface area is 51.7 Å². The highest BCUT2D eigenvalue weighted by Crippen LogP contribution is 2.05. The Hall–Kier alpha value is -0.0400. The van der Waals surface area contributed by atoms with E-state index < -0.39 is 10.4 Å². The number of hydrogen-bond donors (Lipinski definition) is 1. The Morgan fingerprint density at radius 2 is 2.25 bits per heavy atom. The molecule has 0 spiro atoms. The molecule has 0 aliphatic heterocycles. The second-order valence-corrected chi connectivity index (χ2v) is 2.68. The number of rotatable bonds is 3. The third kappa shape index (κ3) is 5.96. The summed E-state index contributed by atoms with van der Waals surface area (Å²) in [4.78, 5) is 0. The van der Waals surface area contributed by atoms with E-state index >= 15 is 0 Å². The predicted octanol–water partition coefficient (Wildman–Crippen LogP) is 0.597. The third-order valence-corrected chi connectivity index (χ3v) is 1.33. The van der Waals surface area contributed by atoms with Gasteiger partial charge in [-0.3, -0.25) is 4.55 Å². The van der Waals surface area contributed by atoms with Crippen LogP contribution in [0.2, 0.25) is 0 Å². The van der Waals surface area contributed by atoms with Crippen LogP contribution in [0.1, 0.15) is 0 Å². The molecule has 0 heterocycles. The van der Waals surface area contributed by atoms with Crippen LogP contribution in [0.4, 0.5) is 0 Å². The molecule has 0 radical (unpaired) electrons. The predicted molar refractivity (Wildman–Crippen MR) is 30.4 cm³/mol. The smallest absolute Gasteiger partial charge is 0.263 e. The van der Waals surface area contributed by atoms with Gasteiger partial charge in [0.15, 0.2) is 0 Å². The average Bonchev–Trinajstić information content (AvgIpc) is 1.59. The topological polar surface area (TPSA) is 63.6 Å². The quantitative estimate of drug-likeness (QED) is 0.478. The number of hydrogen-bond acceptors (Lipinski definition) is 4. The lowest BCUT2D eigenvalue weighted by Gasteiger charge is -1.87. The first-order chi connectivity index (χ1) is 3.56. The van der Waals surface area contributed by atoms with Gasteiger partial charge < -0.3 is 0 Å². The maximum Gasteiger partial charge on any atom is 0.408 e. The van der Waals surface area contributed by atoms with Gasteiger partial charge in [0.05, 0.1) is 0 Å². The van der Waals surface area contributed by atoms with Gasteiger partial charge in [-0.1, -0.05) is 6.58 Å². The Bertz CT molecular complexity index is 157.